The number of para-hydroxylation sites is 1. The van der Waals surface area contributed by atoms with Crippen molar-refractivity contribution in [3.63, 3.8) is 0 Å². The maximum atomic E-state index is 12.1. The number of hydrogen-bond donors (Lipinski definition) is 1. The Balaban J connectivity index is 1.40. The van der Waals surface area contributed by atoms with E-state index in [1.807, 2.05) is 0 Å². The van der Waals surface area contributed by atoms with Gasteiger partial charge in [-0.15, -0.1) is 0 Å². The second-order valence-electron chi connectivity index (χ2n) is 6.76. The van der Waals surface area contributed by atoms with Crippen LogP contribution in [-0.2, 0) is 11.2 Å². The monoisotopic (exact) mass is 384 g/mol. The van der Waals surface area contributed by atoms with Gasteiger partial charge in [0.25, 0.3) is 5.91 Å². The summed E-state index contributed by atoms with van der Waals surface area (Å²) in [6, 6.07) is 13.8. The number of anilines is 1. The summed E-state index contributed by atoms with van der Waals surface area (Å²) in [7, 11) is 3.15. The lowest BCUT2D eigenvalue weighted by Crippen LogP contribution is -2.34. The van der Waals surface area contributed by atoms with E-state index in [1.54, 1.807) is 32.4 Å². The first kappa shape index (κ1) is 19.9. The molecule has 3 rings (SSSR count). The van der Waals surface area contributed by atoms with Crippen molar-refractivity contribution in [2.24, 2.45) is 0 Å². The first-order chi connectivity index (χ1) is 13.7. The zero-order valence-corrected chi connectivity index (χ0v) is 16.6. The molecule has 1 heterocycles. The van der Waals surface area contributed by atoms with E-state index in [4.69, 9.17) is 14.2 Å². The molecule has 28 heavy (non-hydrogen) atoms. The molecule has 2 aromatic rings. The maximum absolute atomic E-state index is 12.1. The third kappa shape index (κ3) is 5.31. The van der Waals surface area contributed by atoms with Crippen LogP contribution >= 0.6 is 0 Å². The number of carbonyl (C=O) groups excluding carboxylic acids is 1. The molecule has 1 N–H and O–H groups in total. The van der Waals surface area contributed by atoms with E-state index in [0.717, 1.165) is 25.9 Å². The van der Waals surface area contributed by atoms with Crippen LogP contribution in [0.1, 0.15) is 18.4 Å². The van der Waals surface area contributed by atoms with E-state index >= 15 is 0 Å². The van der Waals surface area contributed by atoms with Crippen LogP contribution in [0.2, 0.25) is 0 Å². The molecule has 0 bridgehead atoms. The summed E-state index contributed by atoms with van der Waals surface area (Å²) in [5.41, 5.74) is 2.75. The van der Waals surface area contributed by atoms with E-state index in [-0.39, 0.29) is 12.5 Å². The summed E-state index contributed by atoms with van der Waals surface area (Å²) in [5, 5.41) is 2.92. The highest BCUT2D eigenvalue weighted by Gasteiger charge is 2.15. The minimum atomic E-state index is -0.138. The van der Waals surface area contributed by atoms with E-state index in [2.05, 4.69) is 34.5 Å². The number of carbonyl (C=O) groups is 1. The van der Waals surface area contributed by atoms with Gasteiger partial charge in [-0.3, -0.25) is 4.79 Å². The molecule has 6 nitrogen and oxygen atoms in total. The molecule has 1 aliphatic rings. The number of benzene rings is 2. The van der Waals surface area contributed by atoms with Gasteiger partial charge in [-0.05, 0) is 30.9 Å². The van der Waals surface area contributed by atoms with E-state index in [9.17, 15) is 4.79 Å². The lowest BCUT2D eigenvalue weighted by Gasteiger charge is -2.31. The first-order valence-electron chi connectivity index (χ1n) is 9.65. The summed E-state index contributed by atoms with van der Waals surface area (Å²) in [6.07, 6.45) is 3.23. The van der Waals surface area contributed by atoms with Crippen molar-refractivity contribution in [3.05, 3.63) is 48.0 Å². The Labute approximate surface area is 166 Å². The summed E-state index contributed by atoms with van der Waals surface area (Å²) in [6.45, 7) is 2.60. The third-order valence-electron chi connectivity index (χ3n) is 4.83. The SMILES string of the molecule is COc1cc(OC)cc(OCC(=O)NCCCN2CCCc3ccccc32)c1. The predicted octanol–water partition coefficient (Wildman–Crippen LogP) is 3.04. The smallest absolute Gasteiger partial charge is 0.257 e. The fourth-order valence-electron chi connectivity index (χ4n) is 3.41. The quantitative estimate of drug-likeness (QED) is 0.674. The van der Waals surface area contributed by atoms with Gasteiger partial charge >= 0.3 is 0 Å². The van der Waals surface area contributed by atoms with Crippen LogP contribution in [0.3, 0.4) is 0 Å². The van der Waals surface area contributed by atoms with E-state index in [0.29, 0.717) is 23.8 Å². The number of rotatable bonds is 9. The number of fused-ring (bicyclic) bond motifs is 1. The number of hydrogen-bond acceptors (Lipinski definition) is 5. The summed E-state index contributed by atoms with van der Waals surface area (Å²) < 4.78 is 16.0. The van der Waals surface area contributed by atoms with Crippen molar-refractivity contribution in [3.8, 4) is 17.2 Å². The fourth-order valence-corrected chi connectivity index (χ4v) is 3.41. The predicted molar refractivity (Wildman–Crippen MR) is 110 cm³/mol. The molecule has 0 atom stereocenters. The van der Waals surface area contributed by atoms with Crippen LogP contribution in [0.5, 0.6) is 17.2 Å². The Morgan fingerprint density at radius 1 is 1.07 bits per heavy atom. The minimum absolute atomic E-state index is 0.0388. The van der Waals surface area contributed by atoms with Gasteiger partial charge in [0.1, 0.15) is 17.2 Å². The lowest BCUT2D eigenvalue weighted by molar-refractivity contribution is -0.123. The van der Waals surface area contributed by atoms with E-state index in [1.165, 1.54) is 17.7 Å². The van der Waals surface area contributed by atoms with Gasteiger partial charge in [0.05, 0.1) is 14.2 Å². The number of nitrogens with zero attached hydrogens (tertiary/aromatic N) is 1. The Kier molecular flexibility index (Phi) is 7.00. The summed E-state index contributed by atoms with van der Waals surface area (Å²) in [4.78, 5) is 14.5. The summed E-state index contributed by atoms with van der Waals surface area (Å²) >= 11 is 0. The van der Waals surface area contributed by atoms with Crippen LogP contribution in [0.4, 0.5) is 5.69 Å². The Morgan fingerprint density at radius 3 is 2.54 bits per heavy atom. The van der Waals surface area contributed by atoms with Crippen molar-refractivity contribution < 1.29 is 19.0 Å². The number of methoxy groups -OCH3 is 2. The highest BCUT2D eigenvalue weighted by atomic mass is 16.5. The van der Waals surface area contributed by atoms with Crippen LogP contribution in [0, 0.1) is 0 Å². The van der Waals surface area contributed by atoms with Crippen LogP contribution in [0.15, 0.2) is 42.5 Å². The second-order valence-corrected chi connectivity index (χ2v) is 6.76. The number of amides is 1. The molecule has 0 aliphatic carbocycles. The van der Waals surface area contributed by atoms with Crippen molar-refractivity contribution in [2.75, 3.05) is 45.4 Å². The molecule has 0 saturated heterocycles. The van der Waals surface area contributed by atoms with Gasteiger partial charge in [-0.2, -0.15) is 0 Å². The zero-order chi connectivity index (χ0) is 19.8. The normalized spacial score (nSPS) is 12.9. The van der Waals surface area contributed by atoms with Gasteiger partial charge in [0.2, 0.25) is 0 Å². The zero-order valence-electron chi connectivity index (χ0n) is 16.6. The highest BCUT2D eigenvalue weighted by Crippen LogP contribution is 2.27. The number of ether oxygens (including phenoxy) is 3. The van der Waals surface area contributed by atoms with E-state index < -0.39 is 0 Å². The van der Waals surface area contributed by atoms with Crippen LogP contribution < -0.4 is 24.4 Å². The number of aryl methyl sites for hydroxylation is 1. The molecule has 0 unspecified atom stereocenters. The molecule has 0 spiro atoms. The maximum Gasteiger partial charge on any atom is 0.257 e. The van der Waals surface area contributed by atoms with Gasteiger partial charge < -0.3 is 24.4 Å². The molecular weight excluding hydrogens is 356 g/mol. The van der Waals surface area contributed by atoms with Gasteiger partial charge in [0.15, 0.2) is 6.61 Å². The van der Waals surface area contributed by atoms with Gasteiger partial charge in [-0.25, -0.2) is 0 Å². The van der Waals surface area contributed by atoms with Crippen molar-refractivity contribution in [1.29, 1.82) is 0 Å². The molecule has 1 amide bonds. The van der Waals surface area contributed by atoms with Gasteiger partial charge in [0, 0.05) is 43.5 Å². The molecule has 2 aromatic carbocycles. The van der Waals surface area contributed by atoms with Crippen molar-refractivity contribution in [2.45, 2.75) is 19.3 Å². The molecule has 6 heteroatoms. The minimum Gasteiger partial charge on any atom is -0.496 e. The summed E-state index contributed by atoms with van der Waals surface area (Å²) in [5.74, 6) is 1.64. The van der Waals surface area contributed by atoms with Crippen molar-refractivity contribution >= 4 is 11.6 Å². The Hall–Kier alpha value is -2.89. The topological polar surface area (TPSA) is 60.0 Å². The highest BCUT2D eigenvalue weighted by molar-refractivity contribution is 5.77. The van der Waals surface area contributed by atoms with Crippen LogP contribution in [-0.4, -0.2) is 46.4 Å². The van der Waals surface area contributed by atoms with Crippen molar-refractivity contribution in [1.82, 2.24) is 5.32 Å². The fraction of sp³-hybridized carbons (Fsp3) is 0.409. The number of nitrogens with one attached hydrogen (secondary N) is 1. The molecule has 0 aromatic heterocycles. The molecule has 1 aliphatic heterocycles. The van der Waals surface area contributed by atoms with Gasteiger partial charge in [-0.1, -0.05) is 18.2 Å². The average Bonchev–Trinajstić information content (AvgIpc) is 2.75. The Morgan fingerprint density at radius 2 is 1.79 bits per heavy atom. The third-order valence-corrected chi connectivity index (χ3v) is 4.83. The molecule has 150 valence electrons. The first-order valence-corrected chi connectivity index (χ1v) is 9.65. The standard InChI is InChI=1S/C22H28N2O4/c1-26-18-13-19(27-2)15-20(14-18)28-16-22(25)23-10-6-12-24-11-5-8-17-7-3-4-9-21(17)24/h3-4,7,9,13-15H,5-6,8,10-12,16H2,1-2H3,(H,23,25). The largest absolute Gasteiger partial charge is 0.496 e. The molecule has 0 radical (unpaired) electrons. The van der Waals surface area contributed by atoms with Crippen LogP contribution in [0.25, 0.3) is 0 Å². The molecular formula is C22H28N2O4. The second kappa shape index (κ2) is 9.88. The Bertz CT molecular complexity index is 772. The average molecular weight is 384 g/mol. The lowest BCUT2D eigenvalue weighted by atomic mass is 10.0. The molecule has 0 saturated carbocycles. The molecule has 0 fully saturated rings.